The molecule has 0 spiro atoms. The molecule has 19 heavy (non-hydrogen) atoms. The van der Waals surface area contributed by atoms with E-state index in [-0.39, 0.29) is 5.91 Å². The molecule has 1 aromatic carbocycles. The van der Waals surface area contributed by atoms with E-state index < -0.39 is 5.60 Å². The number of amides is 1. The van der Waals surface area contributed by atoms with Crippen LogP contribution in [0, 0.1) is 0 Å². The molecule has 2 aliphatic heterocycles. The maximum atomic E-state index is 12.4. The summed E-state index contributed by atoms with van der Waals surface area (Å²) in [5.74, 6) is -0.0241. The summed E-state index contributed by atoms with van der Waals surface area (Å²) in [6, 6.07) is 6.12. The minimum Gasteiger partial charge on any atom is -0.365 e. The third kappa shape index (κ3) is 2.38. The Labute approximate surface area is 113 Å². The number of hydrogen-bond donors (Lipinski definition) is 2. The Kier molecular flexibility index (Phi) is 3.29. The highest BCUT2D eigenvalue weighted by atomic mass is 16.5. The van der Waals surface area contributed by atoms with Crippen molar-refractivity contribution in [1.82, 2.24) is 5.32 Å². The highest BCUT2D eigenvalue weighted by Crippen LogP contribution is 2.28. The average Bonchev–Trinajstić information content (AvgIpc) is 2.87. The highest BCUT2D eigenvalue weighted by molar-refractivity contribution is 5.98. The summed E-state index contributed by atoms with van der Waals surface area (Å²) in [6.07, 6.45) is 2.78. The van der Waals surface area contributed by atoms with E-state index in [0.717, 1.165) is 38.0 Å². The van der Waals surface area contributed by atoms with Gasteiger partial charge in [0.2, 0.25) is 0 Å². The van der Waals surface area contributed by atoms with Crippen LogP contribution in [0.1, 0.15) is 30.9 Å². The van der Waals surface area contributed by atoms with Gasteiger partial charge in [0.05, 0.1) is 0 Å². The molecule has 4 heteroatoms. The van der Waals surface area contributed by atoms with Crippen molar-refractivity contribution in [2.45, 2.75) is 38.3 Å². The van der Waals surface area contributed by atoms with Gasteiger partial charge < -0.3 is 15.4 Å². The maximum Gasteiger partial charge on any atom is 0.256 e. The summed E-state index contributed by atoms with van der Waals surface area (Å²) in [5, 5.41) is 6.40. The second-order valence-corrected chi connectivity index (χ2v) is 5.51. The van der Waals surface area contributed by atoms with Gasteiger partial charge in [-0.3, -0.25) is 4.79 Å². The van der Waals surface area contributed by atoms with Crippen LogP contribution in [0.4, 0.5) is 5.69 Å². The van der Waals surface area contributed by atoms with Gasteiger partial charge in [-0.05, 0) is 49.9 Å². The fraction of sp³-hybridized carbons (Fsp3) is 0.533. The molecule has 2 aliphatic rings. The third-order valence-electron chi connectivity index (χ3n) is 4.09. The lowest BCUT2D eigenvalue weighted by Crippen LogP contribution is -2.39. The summed E-state index contributed by atoms with van der Waals surface area (Å²) < 4.78 is 5.59. The van der Waals surface area contributed by atoms with Crippen LogP contribution in [0.5, 0.6) is 0 Å². The fourth-order valence-electron chi connectivity index (χ4n) is 2.84. The van der Waals surface area contributed by atoms with Gasteiger partial charge in [0, 0.05) is 18.8 Å². The minimum atomic E-state index is -0.662. The molecule has 2 N–H and O–H groups in total. The van der Waals surface area contributed by atoms with Crippen molar-refractivity contribution in [2.24, 2.45) is 0 Å². The maximum absolute atomic E-state index is 12.4. The quantitative estimate of drug-likeness (QED) is 0.853. The van der Waals surface area contributed by atoms with Crippen LogP contribution >= 0.6 is 0 Å². The van der Waals surface area contributed by atoms with Crippen molar-refractivity contribution >= 4 is 11.6 Å². The Hall–Kier alpha value is -1.39. The topological polar surface area (TPSA) is 50.4 Å². The molecule has 1 fully saturated rings. The number of rotatable bonds is 2. The Balaban J connectivity index is 1.82. The van der Waals surface area contributed by atoms with E-state index in [1.54, 1.807) is 0 Å². The Morgan fingerprint density at radius 1 is 1.47 bits per heavy atom. The molecule has 0 radical (unpaired) electrons. The number of anilines is 1. The van der Waals surface area contributed by atoms with Crippen LogP contribution in [0.2, 0.25) is 0 Å². The molecule has 1 amide bonds. The van der Waals surface area contributed by atoms with Crippen LogP contribution in [0.25, 0.3) is 0 Å². The second kappa shape index (κ2) is 4.94. The first-order valence-electron chi connectivity index (χ1n) is 6.96. The van der Waals surface area contributed by atoms with Crippen molar-refractivity contribution < 1.29 is 9.53 Å². The zero-order chi connectivity index (χ0) is 13.3. The molecule has 1 atom stereocenters. The SMILES string of the molecule is CC1(C(=O)Nc2cccc3c2CNCC3)CCCO1. The zero-order valence-corrected chi connectivity index (χ0v) is 11.3. The van der Waals surface area contributed by atoms with Gasteiger partial charge in [-0.25, -0.2) is 0 Å². The fourth-order valence-corrected chi connectivity index (χ4v) is 2.84. The van der Waals surface area contributed by atoms with Crippen LogP contribution in [0.15, 0.2) is 18.2 Å². The number of benzene rings is 1. The molecule has 0 aromatic heterocycles. The number of fused-ring (bicyclic) bond motifs is 1. The second-order valence-electron chi connectivity index (χ2n) is 5.51. The molecule has 0 aliphatic carbocycles. The predicted octanol–water partition coefficient (Wildman–Crippen LogP) is 1.84. The van der Waals surface area contributed by atoms with E-state index in [2.05, 4.69) is 16.7 Å². The van der Waals surface area contributed by atoms with Crippen molar-refractivity contribution in [3.8, 4) is 0 Å². The molecule has 1 saturated heterocycles. The molecule has 3 rings (SSSR count). The molecule has 4 nitrogen and oxygen atoms in total. The number of ether oxygens (including phenoxy) is 1. The molecule has 1 unspecified atom stereocenters. The van der Waals surface area contributed by atoms with Crippen molar-refractivity contribution in [3.63, 3.8) is 0 Å². The lowest BCUT2D eigenvalue weighted by Gasteiger charge is -2.25. The van der Waals surface area contributed by atoms with E-state index in [1.165, 1.54) is 11.1 Å². The Bertz CT molecular complexity index is 493. The van der Waals surface area contributed by atoms with E-state index >= 15 is 0 Å². The summed E-state index contributed by atoms with van der Waals surface area (Å²) in [4.78, 5) is 12.4. The minimum absolute atomic E-state index is 0.0241. The smallest absolute Gasteiger partial charge is 0.256 e. The van der Waals surface area contributed by atoms with E-state index in [0.29, 0.717) is 6.61 Å². The largest absolute Gasteiger partial charge is 0.365 e. The van der Waals surface area contributed by atoms with Crippen molar-refractivity contribution in [3.05, 3.63) is 29.3 Å². The summed E-state index contributed by atoms with van der Waals surface area (Å²) in [5.41, 5.74) is 2.80. The lowest BCUT2D eigenvalue weighted by atomic mass is 9.97. The molecule has 0 bridgehead atoms. The van der Waals surface area contributed by atoms with Crippen LogP contribution in [-0.4, -0.2) is 24.7 Å². The van der Waals surface area contributed by atoms with Gasteiger partial charge in [0.15, 0.2) is 0 Å². The van der Waals surface area contributed by atoms with Crippen LogP contribution < -0.4 is 10.6 Å². The predicted molar refractivity (Wildman–Crippen MR) is 74.1 cm³/mol. The molecule has 1 aromatic rings. The average molecular weight is 260 g/mol. The highest BCUT2D eigenvalue weighted by Gasteiger charge is 2.38. The van der Waals surface area contributed by atoms with E-state index in [9.17, 15) is 4.79 Å². The monoisotopic (exact) mass is 260 g/mol. The summed E-state index contributed by atoms with van der Waals surface area (Å²) in [6.45, 7) is 4.38. The Morgan fingerprint density at radius 2 is 2.37 bits per heavy atom. The lowest BCUT2D eigenvalue weighted by molar-refractivity contribution is -0.133. The van der Waals surface area contributed by atoms with E-state index in [1.807, 2.05) is 19.1 Å². The standard InChI is InChI=1S/C15H20N2O2/c1-15(7-3-9-19-15)14(18)17-13-5-2-4-11-6-8-16-10-12(11)13/h2,4-5,16H,3,6-10H2,1H3,(H,17,18). The number of carbonyl (C=O) groups is 1. The van der Waals surface area contributed by atoms with Crippen LogP contribution in [0.3, 0.4) is 0 Å². The summed E-state index contributed by atoms with van der Waals surface area (Å²) in [7, 11) is 0. The normalized spacial score (nSPS) is 25.9. The summed E-state index contributed by atoms with van der Waals surface area (Å²) >= 11 is 0. The number of hydrogen-bond acceptors (Lipinski definition) is 3. The van der Waals surface area contributed by atoms with Gasteiger partial charge in [0.25, 0.3) is 5.91 Å². The van der Waals surface area contributed by atoms with Crippen molar-refractivity contribution in [2.75, 3.05) is 18.5 Å². The molecule has 2 heterocycles. The van der Waals surface area contributed by atoms with Gasteiger partial charge in [-0.2, -0.15) is 0 Å². The first kappa shape index (κ1) is 12.6. The van der Waals surface area contributed by atoms with Gasteiger partial charge in [0.1, 0.15) is 5.60 Å². The van der Waals surface area contributed by atoms with Crippen molar-refractivity contribution in [1.29, 1.82) is 0 Å². The number of nitrogens with one attached hydrogen (secondary N) is 2. The molecule has 102 valence electrons. The molecular weight excluding hydrogens is 240 g/mol. The van der Waals surface area contributed by atoms with Gasteiger partial charge in [-0.1, -0.05) is 12.1 Å². The van der Waals surface area contributed by atoms with Gasteiger partial charge in [-0.15, -0.1) is 0 Å². The Morgan fingerprint density at radius 3 is 3.16 bits per heavy atom. The molecule has 0 saturated carbocycles. The third-order valence-corrected chi connectivity index (χ3v) is 4.09. The zero-order valence-electron chi connectivity index (χ0n) is 11.3. The molecular formula is C15H20N2O2. The van der Waals surface area contributed by atoms with E-state index in [4.69, 9.17) is 4.74 Å². The first-order chi connectivity index (χ1) is 9.19. The number of carbonyl (C=O) groups excluding carboxylic acids is 1. The first-order valence-corrected chi connectivity index (χ1v) is 6.96. The van der Waals surface area contributed by atoms with Crippen LogP contribution in [-0.2, 0) is 22.5 Å². The van der Waals surface area contributed by atoms with Gasteiger partial charge >= 0.3 is 0 Å².